The first-order chi connectivity index (χ1) is 9.63. The van der Waals surface area contributed by atoms with Crippen molar-refractivity contribution in [3.63, 3.8) is 0 Å². The number of aliphatic hydroxyl groups excluding tert-OH is 1. The molecule has 0 aromatic carbocycles. The molecule has 1 atom stereocenters. The Labute approximate surface area is 121 Å². The summed E-state index contributed by atoms with van der Waals surface area (Å²) in [6.45, 7) is 7.06. The lowest BCUT2D eigenvalue weighted by atomic mass is 10.1. The molecule has 0 aliphatic carbocycles. The van der Waals surface area contributed by atoms with Gasteiger partial charge >= 0.3 is 0 Å². The Morgan fingerprint density at radius 1 is 1.45 bits per heavy atom. The van der Waals surface area contributed by atoms with Crippen LogP contribution in [0.1, 0.15) is 39.4 Å². The van der Waals surface area contributed by atoms with Crippen LogP contribution in [0.4, 0.5) is 0 Å². The van der Waals surface area contributed by atoms with Crippen LogP contribution in [0.5, 0.6) is 0 Å². The number of hydrogen-bond donors (Lipinski definition) is 2. The Kier molecular flexibility index (Phi) is 7.33. The number of rotatable bonds is 9. The van der Waals surface area contributed by atoms with E-state index in [4.69, 9.17) is 4.42 Å². The molecule has 1 heterocycles. The molecule has 0 fully saturated rings. The minimum Gasteiger partial charge on any atom is -0.467 e. The minimum absolute atomic E-state index is 0.0400. The van der Waals surface area contributed by atoms with Crippen molar-refractivity contribution in [3.8, 4) is 0 Å². The van der Waals surface area contributed by atoms with Crippen LogP contribution in [-0.4, -0.2) is 41.1 Å². The van der Waals surface area contributed by atoms with E-state index in [1.807, 2.05) is 13.0 Å². The second kappa shape index (κ2) is 8.76. The molecule has 0 aliphatic heterocycles. The normalized spacial score (nSPS) is 12.9. The molecular weight excluding hydrogens is 256 g/mol. The highest BCUT2D eigenvalue weighted by molar-refractivity contribution is 5.81. The zero-order valence-corrected chi connectivity index (χ0v) is 12.6. The van der Waals surface area contributed by atoms with Gasteiger partial charge < -0.3 is 14.8 Å². The predicted molar refractivity (Wildman–Crippen MR) is 78.2 cm³/mol. The smallest absolute Gasteiger partial charge is 0.237 e. The number of carbonyl (C=O) groups is 1. The summed E-state index contributed by atoms with van der Waals surface area (Å²) in [4.78, 5) is 14.3. The number of aliphatic hydroxyl groups is 1. The summed E-state index contributed by atoms with van der Waals surface area (Å²) in [6.07, 6.45) is 3.52. The monoisotopic (exact) mass is 282 g/mol. The van der Waals surface area contributed by atoms with Crippen LogP contribution in [0, 0.1) is 0 Å². The molecule has 0 radical (unpaired) electrons. The maximum Gasteiger partial charge on any atom is 0.237 e. The van der Waals surface area contributed by atoms with Crippen molar-refractivity contribution in [2.75, 3.05) is 13.2 Å². The Morgan fingerprint density at radius 3 is 2.65 bits per heavy atom. The minimum atomic E-state index is -0.262. The van der Waals surface area contributed by atoms with E-state index in [1.54, 1.807) is 12.3 Å². The van der Waals surface area contributed by atoms with Gasteiger partial charge in [0.25, 0.3) is 0 Å². The molecule has 0 saturated heterocycles. The average molecular weight is 282 g/mol. The fraction of sp³-hybridized carbons (Fsp3) is 0.667. The molecule has 0 aliphatic rings. The van der Waals surface area contributed by atoms with Gasteiger partial charge in [0.05, 0.1) is 25.5 Å². The highest BCUT2D eigenvalue weighted by Crippen LogP contribution is 2.12. The molecule has 114 valence electrons. The summed E-state index contributed by atoms with van der Waals surface area (Å²) in [6, 6.07) is 3.68. The zero-order chi connectivity index (χ0) is 15.0. The maximum atomic E-state index is 12.2. The van der Waals surface area contributed by atoms with Gasteiger partial charge in [0.1, 0.15) is 5.76 Å². The van der Waals surface area contributed by atoms with Gasteiger partial charge in [-0.25, -0.2) is 0 Å². The third-order valence-electron chi connectivity index (χ3n) is 3.66. The van der Waals surface area contributed by atoms with Gasteiger partial charge in [0.2, 0.25) is 5.91 Å². The molecule has 20 heavy (non-hydrogen) atoms. The van der Waals surface area contributed by atoms with Crippen molar-refractivity contribution in [1.29, 1.82) is 0 Å². The average Bonchev–Trinajstić information content (AvgIpc) is 2.97. The summed E-state index contributed by atoms with van der Waals surface area (Å²) in [7, 11) is 0. The Morgan fingerprint density at radius 2 is 2.15 bits per heavy atom. The summed E-state index contributed by atoms with van der Waals surface area (Å²) >= 11 is 0. The molecule has 1 unspecified atom stereocenters. The first-order valence-electron chi connectivity index (χ1n) is 7.30. The molecule has 1 aromatic heterocycles. The predicted octanol–water partition coefficient (Wildman–Crippen LogP) is 1.77. The number of furan rings is 1. The lowest BCUT2D eigenvalue weighted by Crippen LogP contribution is -2.50. The fourth-order valence-electron chi connectivity index (χ4n) is 2.45. The van der Waals surface area contributed by atoms with E-state index < -0.39 is 0 Å². The second-order valence-electron chi connectivity index (χ2n) is 4.90. The van der Waals surface area contributed by atoms with Gasteiger partial charge in [-0.15, -0.1) is 0 Å². The third kappa shape index (κ3) is 4.65. The summed E-state index contributed by atoms with van der Waals surface area (Å²) < 4.78 is 5.19. The SMILES string of the molecule is CCC(CC)N(CCO)C(C)C(=O)NCc1ccco1. The first kappa shape index (κ1) is 16.7. The molecule has 0 spiro atoms. The maximum absolute atomic E-state index is 12.2. The molecule has 1 amide bonds. The molecule has 5 heteroatoms. The quantitative estimate of drug-likeness (QED) is 0.724. The van der Waals surface area contributed by atoms with Gasteiger partial charge in [-0.05, 0) is 31.9 Å². The zero-order valence-electron chi connectivity index (χ0n) is 12.6. The standard InChI is InChI=1S/C15H26N2O3/c1-4-13(5-2)17(8-9-18)12(3)15(19)16-11-14-7-6-10-20-14/h6-7,10,12-13,18H,4-5,8-9,11H2,1-3H3,(H,16,19). The van der Waals surface area contributed by atoms with E-state index in [2.05, 4.69) is 24.1 Å². The van der Waals surface area contributed by atoms with Crippen molar-refractivity contribution >= 4 is 5.91 Å². The first-order valence-corrected chi connectivity index (χ1v) is 7.30. The molecule has 2 N–H and O–H groups in total. The van der Waals surface area contributed by atoms with Gasteiger partial charge in [0.15, 0.2) is 0 Å². The van der Waals surface area contributed by atoms with Crippen LogP contribution in [0.15, 0.2) is 22.8 Å². The third-order valence-corrected chi connectivity index (χ3v) is 3.66. The number of hydrogen-bond acceptors (Lipinski definition) is 4. The Balaban J connectivity index is 2.58. The van der Waals surface area contributed by atoms with Crippen molar-refractivity contribution in [1.82, 2.24) is 10.2 Å². The van der Waals surface area contributed by atoms with E-state index in [0.717, 1.165) is 18.6 Å². The summed E-state index contributed by atoms with van der Waals surface area (Å²) in [5.74, 6) is 0.698. The van der Waals surface area contributed by atoms with E-state index in [1.165, 1.54) is 0 Å². The van der Waals surface area contributed by atoms with Crippen LogP contribution in [0.2, 0.25) is 0 Å². The van der Waals surface area contributed by atoms with Gasteiger partial charge in [-0.1, -0.05) is 13.8 Å². The molecule has 1 aromatic rings. The molecular formula is C15H26N2O3. The number of nitrogens with zero attached hydrogens (tertiary/aromatic N) is 1. The van der Waals surface area contributed by atoms with Crippen LogP contribution in [0.3, 0.4) is 0 Å². The lowest BCUT2D eigenvalue weighted by molar-refractivity contribution is -0.127. The van der Waals surface area contributed by atoms with Crippen LogP contribution in [-0.2, 0) is 11.3 Å². The topological polar surface area (TPSA) is 65.7 Å². The number of carbonyl (C=O) groups excluding carboxylic acids is 1. The molecule has 5 nitrogen and oxygen atoms in total. The van der Waals surface area contributed by atoms with E-state index >= 15 is 0 Å². The van der Waals surface area contributed by atoms with Crippen molar-refractivity contribution in [2.24, 2.45) is 0 Å². The van der Waals surface area contributed by atoms with Crippen molar-refractivity contribution < 1.29 is 14.3 Å². The van der Waals surface area contributed by atoms with Gasteiger partial charge in [-0.2, -0.15) is 0 Å². The van der Waals surface area contributed by atoms with Crippen LogP contribution >= 0.6 is 0 Å². The van der Waals surface area contributed by atoms with E-state index in [0.29, 0.717) is 19.1 Å². The lowest BCUT2D eigenvalue weighted by Gasteiger charge is -2.34. The number of nitrogens with one attached hydrogen (secondary N) is 1. The highest BCUT2D eigenvalue weighted by Gasteiger charge is 2.25. The van der Waals surface area contributed by atoms with Gasteiger partial charge in [0, 0.05) is 12.6 Å². The highest BCUT2D eigenvalue weighted by atomic mass is 16.3. The Bertz CT molecular complexity index is 374. The van der Waals surface area contributed by atoms with Gasteiger partial charge in [-0.3, -0.25) is 9.69 Å². The summed E-state index contributed by atoms with van der Waals surface area (Å²) in [5.41, 5.74) is 0. The molecule has 0 bridgehead atoms. The van der Waals surface area contributed by atoms with Crippen LogP contribution < -0.4 is 5.32 Å². The summed E-state index contributed by atoms with van der Waals surface area (Å²) in [5, 5.41) is 12.1. The van der Waals surface area contributed by atoms with E-state index in [-0.39, 0.29) is 18.6 Å². The second-order valence-corrected chi connectivity index (χ2v) is 4.90. The fourth-order valence-corrected chi connectivity index (χ4v) is 2.45. The van der Waals surface area contributed by atoms with Crippen molar-refractivity contribution in [3.05, 3.63) is 24.2 Å². The van der Waals surface area contributed by atoms with Crippen molar-refractivity contribution in [2.45, 2.75) is 52.2 Å². The molecule has 1 rings (SSSR count). The largest absolute Gasteiger partial charge is 0.467 e. The Hall–Kier alpha value is -1.33. The molecule has 0 saturated carbocycles. The van der Waals surface area contributed by atoms with Crippen LogP contribution in [0.25, 0.3) is 0 Å². The number of amides is 1. The van der Waals surface area contributed by atoms with E-state index in [9.17, 15) is 9.90 Å².